The lowest BCUT2D eigenvalue weighted by atomic mass is 10.1. The van der Waals surface area contributed by atoms with E-state index in [1.807, 2.05) is 62.5 Å². The molecule has 0 spiro atoms. The van der Waals surface area contributed by atoms with Crippen molar-refractivity contribution in [3.05, 3.63) is 97.2 Å². The number of rotatable bonds is 10. The van der Waals surface area contributed by atoms with Gasteiger partial charge in [0.15, 0.2) is 0 Å². The van der Waals surface area contributed by atoms with E-state index in [2.05, 4.69) is 0 Å². The zero-order valence-electron chi connectivity index (χ0n) is 20.6. The average Bonchev–Trinajstić information content (AvgIpc) is 3.22. The van der Waals surface area contributed by atoms with Crippen LogP contribution in [0.1, 0.15) is 45.8 Å². The predicted octanol–water partition coefficient (Wildman–Crippen LogP) is 5.60. The molecule has 0 unspecified atom stereocenters. The number of nitrogens with zero attached hydrogens (tertiary/aromatic N) is 3. The van der Waals surface area contributed by atoms with Gasteiger partial charge in [-0.15, -0.1) is 11.3 Å². The molecule has 184 valence electrons. The number of hydrogen-bond donors (Lipinski definition) is 0. The van der Waals surface area contributed by atoms with Crippen LogP contribution in [-0.2, 0) is 17.9 Å². The van der Waals surface area contributed by atoms with Crippen LogP contribution >= 0.6 is 11.3 Å². The zero-order valence-corrected chi connectivity index (χ0v) is 21.4. The molecule has 3 aromatic rings. The Morgan fingerprint density at radius 2 is 1.69 bits per heavy atom. The van der Waals surface area contributed by atoms with Gasteiger partial charge in [-0.2, -0.15) is 0 Å². The van der Waals surface area contributed by atoms with Crippen LogP contribution in [0.3, 0.4) is 0 Å². The summed E-state index contributed by atoms with van der Waals surface area (Å²) in [4.78, 5) is 42.2. The van der Waals surface area contributed by atoms with E-state index >= 15 is 0 Å². The Kier molecular flexibility index (Phi) is 8.76. The van der Waals surface area contributed by atoms with Crippen molar-refractivity contribution >= 4 is 28.8 Å². The molecule has 3 rings (SSSR count). The Hall–Kier alpha value is -3.52. The molecule has 0 radical (unpaired) electrons. The summed E-state index contributed by atoms with van der Waals surface area (Å²) in [5, 5.41) is 13.4. The van der Waals surface area contributed by atoms with Gasteiger partial charge in [-0.1, -0.05) is 50.2 Å². The van der Waals surface area contributed by atoms with Crippen LogP contribution in [0.15, 0.2) is 60.0 Å². The highest BCUT2D eigenvalue weighted by atomic mass is 32.1. The maximum atomic E-state index is 13.6. The summed E-state index contributed by atoms with van der Waals surface area (Å²) in [5.41, 5.74) is 2.72. The number of carbonyl (C=O) groups is 2. The maximum absolute atomic E-state index is 13.6. The average molecular weight is 494 g/mol. The molecule has 0 saturated heterocycles. The van der Waals surface area contributed by atoms with Crippen LogP contribution in [0.5, 0.6) is 0 Å². The zero-order chi connectivity index (χ0) is 25.5. The van der Waals surface area contributed by atoms with E-state index in [1.54, 1.807) is 35.3 Å². The van der Waals surface area contributed by atoms with Gasteiger partial charge in [0.05, 0.1) is 11.5 Å². The number of nitro benzene ring substituents is 1. The summed E-state index contributed by atoms with van der Waals surface area (Å²) >= 11 is 1.61. The highest BCUT2D eigenvalue weighted by Crippen LogP contribution is 2.22. The van der Waals surface area contributed by atoms with Gasteiger partial charge in [0.2, 0.25) is 5.91 Å². The summed E-state index contributed by atoms with van der Waals surface area (Å²) in [5.74, 6) is -0.436. The van der Waals surface area contributed by atoms with E-state index in [1.165, 1.54) is 11.0 Å². The van der Waals surface area contributed by atoms with Gasteiger partial charge in [-0.3, -0.25) is 19.7 Å². The van der Waals surface area contributed by atoms with Crippen LogP contribution in [0, 0.1) is 29.9 Å². The molecule has 35 heavy (non-hydrogen) atoms. The van der Waals surface area contributed by atoms with Crippen molar-refractivity contribution in [3.63, 3.8) is 0 Å². The quantitative estimate of drug-likeness (QED) is 0.272. The minimum Gasteiger partial charge on any atom is -0.332 e. The number of hydrogen-bond acceptors (Lipinski definition) is 5. The smallest absolute Gasteiger partial charge is 0.273 e. The van der Waals surface area contributed by atoms with Gasteiger partial charge in [-0.05, 0) is 48.4 Å². The Labute approximate surface area is 210 Å². The van der Waals surface area contributed by atoms with E-state index in [0.717, 1.165) is 16.0 Å². The van der Waals surface area contributed by atoms with Crippen molar-refractivity contribution in [3.8, 4) is 0 Å². The standard InChI is InChI=1S/C27H31N3O4S/c1-19(2)15-29(27(32)23-11-10-20(3)24(14-23)30(33)34)18-26(31)28(16-22-8-6-5-7-9-22)17-25-21(4)12-13-35-25/h5-14,19H,15-18H2,1-4H3. The van der Waals surface area contributed by atoms with Crippen LogP contribution in [0.2, 0.25) is 0 Å². The van der Waals surface area contributed by atoms with Crippen LogP contribution < -0.4 is 0 Å². The van der Waals surface area contributed by atoms with Gasteiger partial charge >= 0.3 is 0 Å². The topological polar surface area (TPSA) is 83.8 Å². The lowest BCUT2D eigenvalue weighted by Gasteiger charge is -2.29. The highest BCUT2D eigenvalue weighted by Gasteiger charge is 2.25. The summed E-state index contributed by atoms with van der Waals surface area (Å²) in [6.07, 6.45) is 0. The van der Waals surface area contributed by atoms with Gasteiger partial charge < -0.3 is 9.80 Å². The van der Waals surface area contributed by atoms with Gasteiger partial charge in [-0.25, -0.2) is 0 Å². The third-order valence-corrected chi connectivity index (χ3v) is 6.73. The SMILES string of the molecule is Cc1ccc(C(=O)N(CC(=O)N(Cc2ccccc2)Cc2sccc2C)CC(C)C)cc1[N+](=O)[O-]. The van der Waals surface area contributed by atoms with Crippen molar-refractivity contribution in [1.29, 1.82) is 0 Å². The van der Waals surface area contributed by atoms with Crippen molar-refractivity contribution in [2.45, 2.75) is 40.8 Å². The van der Waals surface area contributed by atoms with Crippen molar-refractivity contribution in [2.75, 3.05) is 13.1 Å². The first kappa shape index (κ1) is 26.1. The van der Waals surface area contributed by atoms with E-state index in [4.69, 9.17) is 0 Å². The molecule has 8 heteroatoms. The number of amides is 2. The second-order valence-corrected chi connectivity index (χ2v) is 10.1. The molecule has 1 aromatic heterocycles. The first-order valence-electron chi connectivity index (χ1n) is 11.5. The third kappa shape index (κ3) is 6.99. The van der Waals surface area contributed by atoms with E-state index in [0.29, 0.717) is 25.2 Å². The fourth-order valence-electron chi connectivity index (χ4n) is 3.82. The van der Waals surface area contributed by atoms with E-state index < -0.39 is 4.92 Å². The normalized spacial score (nSPS) is 10.9. The Balaban J connectivity index is 1.87. The largest absolute Gasteiger partial charge is 0.332 e. The number of nitro groups is 1. The molecular weight excluding hydrogens is 462 g/mol. The van der Waals surface area contributed by atoms with Crippen LogP contribution in [0.25, 0.3) is 0 Å². The summed E-state index contributed by atoms with van der Waals surface area (Å²) in [6.45, 7) is 8.75. The van der Waals surface area contributed by atoms with Crippen LogP contribution in [-0.4, -0.2) is 39.6 Å². The lowest BCUT2D eigenvalue weighted by molar-refractivity contribution is -0.385. The molecule has 7 nitrogen and oxygen atoms in total. The summed E-state index contributed by atoms with van der Waals surface area (Å²) in [6, 6.07) is 16.2. The Morgan fingerprint density at radius 1 is 0.971 bits per heavy atom. The molecule has 2 aromatic carbocycles. The molecule has 0 aliphatic carbocycles. The van der Waals surface area contributed by atoms with Crippen molar-refractivity contribution in [1.82, 2.24) is 9.80 Å². The second-order valence-electron chi connectivity index (χ2n) is 9.10. The fourth-order valence-corrected chi connectivity index (χ4v) is 4.74. The molecule has 0 saturated carbocycles. The molecular formula is C27H31N3O4S. The third-order valence-electron chi connectivity index (χ3n) is 5.72. The maximum Gasteiger partial charge on any atom is 0.273 e. The van der Waals surface area contributed by atoms with E-state index in [-0.39, 0.29) is 35.5 Å². The Morgan fingerprint density at radius 3 is 2.29 bits per heavy atom. The monoisotopic (exact) mass is 493 g/mol. The second kappa shape index (κ2) is 11.8. The highest BCUT2D eigenvalue weighted by molar-refractivity contribution is 7.10. The molecule has 0 aliphatic heterocycles. The minimum absolute atomic E-state index is 0.101. The molecule has 0 N–H and O–H groups in total. The number of aryl methyl sites for hydroxylation is 2. The molecule has 2 amide bonds. The first-order chi connectivity index (χ1) is 16.7. The van der Waals surface area contributed by atoms with Gasteiger partial charge in [0.25, 0.3) is 11.6 Å². The summed E-state index contributed by atoms with van der Waals surface area (Å²) in [7, 11) is 0. The molecule has 0 aliphatic rings. The molecule has 0 fully saturated rings. The van der Waals surface area contributed by atoms with Gasteiger partial charge in [0.1, 0.15) is 6.54 Å². The molecule has 0 bridgehead atoms. The van der Waals surface area contributed by atoms with Gasteiger partial charge in [0, 0.05) is 35.2 Å². The number of benzene rings is 2. The summed E-state index contributed by atoms with van der Waals surface area (Å²) < 4.78 is 0. The molecule has 0 atom stereocenters. The van der Waals surface area contributed by atoms with E-state index in [9.17, 15) is 19.7 Å². The number of thiophene rings is 1. The lowest BCUT2D eigenvalue weighted by Crippen LogP contribution is -2.43. The Bertz CT molecular complexity index is 1190. The minimum atomic E-state index is -0.491. The van der Waals surface area contributed by atoms with Crippen LogP contribution in [0.4, 0.5) is 5.69 Å². The number of carbonyl (C=O) groups excluding carboxylic acids is 2. The first-order valence-corrected chi connectivity index (χ1v) is 12.4. The predicted molar refractivity (Wildman–Crippen MR) is 138 cm³/mol. The molecule has 1 heterocycles. The van der Waals surface area contributed by atoms with Crippen molar-refractivity contribution < 1.29 is 14.5 Å². The fraction of sp³-hybridized carbons (Fsp3) is 0.333. The van der Waals surface area contributed by atoms with Crippen molar-refractivity contribution in [2.24, 2.45) is 5.92 Å².